The topological polar surface area (TPSA) is 28.7 Å². The highest BCUT2D eigenvalue weighted by Gasteiger charge is 2.31. The number of H-pyrrole nitrogens is 1. The molecule has 0 amide bonds. The first-order chi connectivity index (χ1) is 8.19. The van der Waals surface area contributed by atoms with Crippen molar-refractivity contribution in [3.8, 4) is 0 Å². The van der Waals surface area contributed by atoms with E-state index >= 15 is 0 Å². The maximum Gasteiger partial charge on any atom is 0.0897 e. The average molecular weight is 267 g/mol. The molecule has 0 saturated carbocycles. The van der Waals surface area contributed by atoms with E-state index in [2.05, 4.69) is 11.9 Å². The molecule has 3 rings (SSSR count). The Morgan fingerprint density at radius 2 is 2.18 bits per heavy atom. The van der Waals surface area contributed by atoms with Gasteiger partial charge in [-0.2, -0.15) is 11.8 Å². The van der Waals surface area contributed by atoms with E-state index in [0.717, 1.165) is 21.7 Å². The summed E-state index contributed by atoms with van der Waals surface area (Å²) in [6.07, 6.45) is 4.28. The lowest BCUT2D eigenvalue weighted by molar-refractivity contribution is 0.425. The molecule has 3 heterocycles. The Balaban J connectivity index is 2.10. The van der Waals surface area contributed by atoms with Gasteiger partial charge in [0.05, 0.1) is 16.1 Å². The second-order valence-electron chi connectivity index (χ2n) is 4.90. The van der Waals surface area contributed by atoms with Crippen LogP contribution in [0.5, 0.6) is 0 Å². The Morgan fingerprint density at radius 1 is 1.41 bits per heavy atom. The van der Waals surface area contributed by atoms with Gasteiger partial charge in [0.2, 0.25) is 0 Å². The third-order valence-corrected chi connectivity index (χ3v) is 4.97. The lowest BCUT2D eigenvalue weighted by Crippen LogP contribution is -2.28. The highest BCUT2D eigenvalue weighted by atomic mass is 35.5. The van der Waals surface area contributed by atoms with Crippen molar-refractivity contribution < 1.29 is 0 Å². The minimum atomic E-state index is 0.195. The molecule has 4 heteroatoms. The summed E-state index contributed by atoms with van der Waals surface area (Å²) in [5.41, 5.74) is 3.27. The molecule has 1 aliphatic heterocycles. The number of nitrogens with zero attached hydrogens (tertiary/aromatic N) is 1. The number of rotatable bonds is 1. The fourth-order valence-electron chi connectivity index (χ4n) is 2.39. The summed E-state index contributed by atoms with van der Waals surface area (Å²) in [5, 5.41) is 0.787. The molecule has 0 atom stereocenters. The van der Waals surface area contributed by atoms with Gasteiger partial charge in [0, 0.05) is 17.3 Å². The van der Waals surface area contributed by atoms with Crippen LogP contribution in [0.4, 0.5) is 0 Å². The summed E-state index contributed by atoms with van der Waals surface area (Å²) in [6.45, 7) is 2.31. The highest BCUT2D eigenvalue weighted by Crippen LogP contribution is 2.38. The molecule has 17 heavy (non-hydrogen) atoms. The summed E-state index contributed by atoms with van der Waals surface area (Å²) in [7, 11) is 0. The molecule has 1 saturated heterocycles. The van der Waals surface area contributed by atoms with Crippen LogP contribution in [0.3, 0.4) is 0 Å². The monoisotopic (exact) mass is 266 g/mol. The molecule has 0 aliphatic carbocycles. The van der Waals surface area contributed by atoms with Gasteiger partial charge in [-0.1, -0.05) is 18.5 Å². The molecule has 0 unspecified atom stereocenters. The van der Waals surface area contributed by atoms with E-state index in [0.29, 0.717) is 0 Å². The van der Waals surface area contributed by atoms with Gasteiger partial charge in [-0.25, -0.2) is 0 Å². The van der Waals surface area contributed by atoms with Gasteiger partial charge < -0.3 is 4.98 Å². The molecule has 1 fully saturated rings. The van der Waals surface area contributed by atoms with Crippen LogP contribution in [0.2, 0.25) is 5.02 Å². The summed E-state index contributed by atoms with van der Waals surface area (Å²) in [6, 6.07) is 4.03. The first kappa shape index (κ1) is 11.4. The van der Waals surface area contributed by atoms with E-state index < -0.39 is 0 Å². The summed E-state index contributed by atoms with van der Waals surface area (Å²) in [4.78, 5) is 7.90. The third-order valence-electron chi connectivity index (χ3n) is 3.68. The SMILES string of the molecule is CC1(c2cc(Cl)c3[nH]ccc3n2)CCSCC1. The maximum absolute atomic E-state index is 6.31. The zero-order valence-corrected chi connectivity index (χ0v) is 11.4. The van der Waals surface area contributed by atoms with Crippen LogP contribution in [0.15, 0.2) is 18.3 Å². The minimum Gasteiger partial charge on any atom is -0.359 e. The van der Waals surface area contributed by atoms with Crippen molar-refractivity contribution in [3.05, 3.63) is 29.0 Å². The van der Waals surface area contributed by atoms with Gasteiger partial charge in [0.1, 0.15) is 0 Å². The van der Waals surface area contributed by atoms with Crippen molar-refractivity contribution in [1.29, 1.82) is 0 Å². The van der Waals surface area contributed by atoms with Crippen molar-refractivity contribution in [2.24, 2.45) is 0 Å². The maximum atomic E-state index is 6.31. The van der Waals surface area contributed by atoms with Gasteiger partial charge >= 0.3 is 0 Å². The van der Waals surface area contributed by atoms with Crippen LogP contribution in [-0.4, -0.2) is 21.5 Å². The van der Waals surface area contributed by atoms with E-state index in [9.17, 15) is 0 Å². The van der Waals surface area contributed by atoms with Gasteiger partial charge in [-0.3, -0.25) is 4.98 Å². The predicted molar refractivity (Wildman–Crippen MR) is 75.0 cm³/mol. The molecule has 0 aromatic carbocycles. The first-order valence-corrected chi connectivity index (χ1v) is 7.44. The fourth-order valence-corrected chi connectivity index (χ4v) is 4.04. The van der Waals surface area contributed by atoms with E-state index in [1.165, 1.54) is 24.3 Å². The number of fused-ring (bicyclic) bond motifs is 1. The van der Waals surface area contributed by atoms with E-state index in [1.807, 2.05) is 30.1 Å². The van der Waals surface area contributed by atoms with Crippen LogP contribution in [-0.2, 0) is 5.41 Å². The molecule has 1 aliphatic rings. The Kier molecular flexibility index (Phi) is 2.83. The summed E-state index contributed by atoms with van der Waals surface area (Å²) >= 11 is 8.34. The molecule has 0 spiro atoms. The number of hydrogen-bond acceptors (Lipinski definition) is 2. The quantitative estimate of drug-likeness (QED) is 0.845. The number of halogens is 1. The second kappa shape index (κ2) is 4.21. The molecule has 0 radical (unpaired) electrons. The van der Waals surface area contributed by atoms with E-state index in [4.69, 9.17) is 16.6 Å². The van der Waals surface area contributed by atoms with Gasteiger partial charge in [-0.15, -0.1) is 0 Å². The Hall–Kier alpha value is -0.670. The number of nitrogens with one attached hydrogen (secondary N) is 1. The summed E-state index contributed by atoms with van der Waals surface area (Å²) < 4.78 is 0. The van der Waals surface area contributed by atoms with Gasteiger partial charge in [-0.05, 0) is 36.5 Å². The van der Waals surface area contributed by atoms with E-state index in [1.54, 1.807) is 0 Å². The normalized spacial score (nSPS) is 19.6. The van der Waals surface area contributed by atoms with Crippen LogP contribution < -0.4 is 0 Å². The largest absolute Gasteiger partial charge is 0.359 e. The van der Waals surface area contributed by atoms with Gasteiger partial charge in [0.25, 0.3) is 0 Å². The number of hydrogen-bond donors (Lipinski definition) is 1. The molecular weight excluding hydrogens is 252 g/mol. The zero-order chi connectivity index (χ0) is 11.9. The molecule has 2 nitrogen and oxygen atoms in total. The van der Waals surface area contributed by atoms with Crippen molar-refractivity contribution in [1.82, 2.24) is 9.97 Å². The predicted octanol–water partition coefficient (Wildman–Crippen LogP) is 4.00. The highest BCUT2D eigenvalue weighted by molar-refractivity contribution is 7.99. The number of aromatic amines is 1. The molecular formula is C13H15ClN2S. The van der Waals surface area contributed by atoms with Crippen LogP contribution >= 0.6 is 23.4 Å². The molecule has 2 aromatic rings. The first-order valence-electron chi connectivity index (χ1n) is 5.91. The Labute approximate surface area is 110 Å². The van der Waals surface area contributed by atoms with Crippen molar-refractivity contribution in [2.75, 3.05) is 11.5 Å². The molecule has 90 valence electrons. The molecule has 0 bridgehead atoms. The second-order valence-corrected chi connectivity index (χ2v) is 6.53. The van der Waals surface area contributed by atoms with E-state index in [-0.39, 0.29) is 5.41 Å². The standard InChI is InChI=1S/C13H15ClN2S/c1-13(3-6-17-7-4-13)11-8-9(14)12-10(16-11)2-5-15-12/h2,5,8,15H,3-4,6-7H2,1H3. The number of thioether (sulfide) groups is 1. The van der Waals surface area contributed by atoms with Crippen molar-refractivity contribution in [3.63, 3.8) is 0 Å². The molecule has 2 aromatic heterocycles. The Morgan fingerprint density at radius 3 is 2.94 bits per heavy atom. The Bertz CT molecular complexity index is 543. The van der Waals surface area contributed by atoms with Crippen molar-refractivity contribution in [2.45, 2.75) is 25.2 Å². The third kappa shape index (κ3) is 1.95. The molecule has 1 N–H and O–H groups in total. The smallest absolute Gasteiger partial charge is 0.0897 e. The van der Waals surface area contributed by atoms with Crippen LogP contribution in [0.25, 0.3) is 11.0 Å². The minimum absolute atomic E-state index is 0.195. The van der Waals surface area contributed by atoms with Crippen LogP contribution in [0.1, 0.15) is 25.5 Å². The average Bonchev–Trinajstić information content (AvgIpc) is 2.78. The van der Waals surface area contributed by atoms with Crippen molar-refractivity contribution >= 4 is 34.4 Å². The lowest BCUT2D eigenvalue weighted by Gasteiger charge is -2.32. The number of aromatic nitrogens is 2. The zero-order valence-electron chi connectivity index (χ0n) is 9.79. The van der Waals surface area contributed by atoms with Gasteiger partial charge in [0.15, 0.2) is 0 Å². The number of pyridine rings is 1. The lowest BCUT2D eigenvalue weighted by atomic mass is 9.80. The summed E-state index contributed by atoms with van der Waals surface area (Å²) in [5.74, 6) is 2.45. The van der Waals surface area contributed by atoms with Crippen LogP contribution in [0, 0.1) is 0 Å². The fraction of sp³-hybridized carbons (Fsp3) is 0.462.